The molecule has 1 aliphatic heterocycles. The number of fused-ring (bicyclic) bond motifs is 1. The zero-order chi connectivity index (χ0) is 18.0. The van der Waals surface area contributed by atoms with E-state index in [1.807, 2.05) is 0 Å². The van der Waals surface area contributed by atoms with Crippen LogP contribution >= 0.6 is 0 Å². The number of hydrogen-bond donors (Lipinski definition) is 2. The number of carbonyl (C=O) groups excluding carboxylic acids is 2. The molecule has 0 aliphatic carbocycles. The van der Waals surface area contributed by atoms with E-state index < -0.39 is 6.04 Å². The van der Waals surface area contributed by atoms with Crippen LogP contribution in [0.2, 0.25) is 0 Å². The minimum atomic E-state index is -0.498. The highest BCUT2D eigenvalue weighted by molar-refractivity contribution is 5.99. The number of amides is 2. The molecule has 0 bridgehead atoms. The number of aromatic nitrogens is 2. The van der Waals surface area contributed by atoms with Gasteiger partial charge >= 0.3 is 0 Å². The third-order valence-corrected chi connectivity index (χ3v) is 4.20. The monoisotopic (exact) mass is 344 g/mol. The molecule has 2 N–H and O–H groups in total. The molecule has 2 aromatic heterocycles. The van der Waals surface area contributed by atoms with Crippen LogP contribution in [0.15, 0.2) is 16.8 Å². The predicted molar refractivity (Wildman–Crippen MR) is 93.1 cm³/mol. The Morgan fingerprint density at radius 1 is 1.40 bits per heavy atom. The highest BCUT2D eigenvalue weighted by atomic mass is 16.5. The Bertz CT molecular complexity index is 791. The van der Waals surface area contributed by atoms with Gasteiger partial charge in [0.15, 0.2) is 0 Å². The topological polar surface area (TPSA) is 97.1 Å². The number of nitrogens with one attached hydrogen (secondary N) is 2. The summed E-state index contributed by atoms with van der Waals surface area (Å²) in [5.41, 5.74) is 1.66. The molecule has 3 rings (SSSR count). The van der Waals surface area contributed by atoms with Crippen LogP contribution in [-0.2, 0) is 11.2 Å². The molecule has 1 fully saturated rings. The van der Waals surface area contributed by atoms with Crippen LogP contribution in [0.1, 0.15) is 56.1 Å². The van der Waals surface area contributed by atoms with Crippen molar-refractivity contribution in [1.29, 1.82) is 0 Å². The van der Waals surface area contributed by atoms with Crippen molar-refractivity contribution < 1.29 is 14.1 Å². The quantitative estimate of drug-likeness (QED) is 0.890. The molecule has 134 valence electrons. The third kappa shape index (κ3) is 4.15. The summed E-state index contributed by atoms with van der Waals surface area (Å²) in [6.45, 7) is 7.00. The number of carbonyl (C=O) groups is 2. The third-order valence-electron chi connectivity index (χ3n) is 4.20. The zero-order valence-corrected chi connectivity index (χ0v) is 14.9. The van der Waals surface area contributed by atoms with Crippen molar-refractivity contribution in [3.05, 3.63) is 23.5 Å². The minimum Gasteiger partial charge on any atom is -0.354 e. The normalized spacial score (nSPS) is 18.7. The number of rotatable bonds is 3. The summed E-state index contributed by atoms with van der Waals surface area (Å²) in [7, 11) is 0. The highest BCUT2D eigenvalue weighted by Crippen LogP contribution is 2.25. The maximum Gasteiger partial charge on any atom is 0.257 e. The van der Waals surface area contributed by atoms with Gasteiger partial charge in [0.05, 0.1) is 16.6 Å². The van der Waals surface area contributed by atoms with Gasteiger partial charge in [0.25, 0.3) is 11.6 Å². The lowest BCUT2D eigenvalue weighted by molar-refractivity contribution is -0.122. The Kier molecular flexibility index (Phi) is 4.74. The van der Waals surface area contributed by atoms with Gasteiger partial charge < -0.3 is 15.2 Å². The van der Waals surface area contributed by atoms with Crippen molar-refractivity contribution in [2.75, 3.05) is 6.54 Å². The van der Waals surface area contributed by atoms with Crippen molar-refractivity contribution in [3.63, 3.8) is 0 Å². The predicted octanol–water partition coefficient (Wildman–Crippen LogP) is 2.21. The second-order valence-electron chi connectivity index (χ2n) is 7.76. The standard InChI is InChI=1S/C18H24N4O3/c1-18(2,3)9-14-12-8-11(10-20-17(12)25-22-14)15(23)21-13-6-4-5-7-19-16(13)24/h8,10,13H,4-7,9H2,1-3H3,(H,19,24)(H,21,23)/t13-/m1/s1. The van der Waals surface area contributed by atoms with Crippen LogP contribution in [-0.4, -0.2) is 34.5 Å². The zero-order valence-electron chi connectivity index (χ0n) is 14.9. The average Bonchev–Trinajstić information content (AvgIpc) is 2.81. The smallest absolute Gasteiger partial charge is 0.257 e. The summed E-state index contributed by atoms with van der Waals surface area (Å²) in [4.78, 5) is 28.7. The second-order valence-corrected chi connectivity index (χ2v) is 7.76. The van der Waals surface area contributed by atoms with Crippen LogP contribution in [0.3, 0.4) is 0 Å². The van der Waals surface area contributed by atoms with Crippen molar-refractivity contribution in [2.45, 2.75) is 52.5 Å². The molecule has 0 saturated carbocycles. The fraction of sp³-hybridized carbons (Fsp3) is 0.556. The van der Waals surface area contributed by atoms with E-state index in [1.54, 1.807) is 6.07 Å². The molecule has 2 aromatic rings. The fourth-order valence-corrected chi connectivity index (χ4v) is 2.95. The van der Waals surface area contributed by atoms with Crippen molar-refractivity contribution >= 4 is 22.9 Å². The number of pyridine rings is 1. The molecule has 7 nitrogen and oxygen atoms in total. The van der Waals surface area contributed by atoms with Gasteiger partial charge in [0.2, 0.25) is 5.91 Å². The van der Waals surface area contributed by atoms with Crippen LogP contribution in [0.25, 0.3) is 11.1 Å². The molecule has 1 aliphatic rings. The van der Waals surface area contributed by atoms with Crippen molar-refractivity contribution in [1.82, 2.24) is 20.8 Å². The van der Waals surface area contributed by atoms with Gasteiger partial charge in [0.1, 0.15) is 6.04 Å². The summed E-state index contributed by atoms with van der Waals surface area (Å²) >= 11 is 0. The molecular formula is C18H24N4O3. The lowest BCUT2D eigenvalue weighted by Gasteiger charge is -2.16. The highest BCUT2D eigenvalue weighted by Gasteiger charge is 2.24. The molecule has 0 spiro atoms. The van der Waals surface area contributed by atoms with Gasteiger partial charge in [-0.25, -0.2) is 4.98 Å². The Morgan fingerprint density at radius 2 is 2.20 bits per heavy atom. The molecule has 3 heterocycles. The van der Waals surface area contributed by atoms with Gasteiger partial charge in [0, 0.05) is 12.7 Å². The van der Waals surface area contributed by atoms with Crippen LogP contribution in [0, 0.1) is 5.41 Å². The molecular weight excluding hydrogens is 320 g/mol. The van der Waals surface area contributed by atoms with Crippen LogP contribution in [0.5, 0.6) is 0 Å². The molecule has 1 saturated heterocycles. The lowest BCUT2D eigenvalue weighted by atomic mass is 9.90. The number of hydrogen-bond acceptors (Lipinski definition) is 5. The second kappa shape index (κ2) is 6.82. The Balaban J connectivity index is 1.81. The van der Waals surface area contributed by atoms with E-state index in [9.17, 15) is 9.59 Å². The molecule has 0 radical (unpaired) electrons. The van der Waals surface area contributed by atoms with Gasteiger partial charge in [-0.3, -0.25) is 9.59 Å². The van der Waals surface area contributed by atoms with E-state index in [4.69, 9.17) is 4.52 Å². The van der Waals surface area contributed by atoms with E-state index in [2.05, 4.69) is 41.5 Å². The molecule has 7 heteroatoms. The first-order valence-electron chi connectivity index (χ1n) is 8.66. The van der Waals surface area contributed by atoms with Gasteiger partial charge in [-0.15, -0.1) is 0 Å². The molecule has 25 heavy (non-hydrogen) atoms. The maximum absolute atomic E-state index is 12.6. The molecule has 1 atom stereocenters. The maximum atomic E-state index is 12.6. The summed E-state index contributed by atoms with van der Waals surface area (Å²) in [6.07, 6.45) is 4.66. The van der Waals surface area contributed by atoms with E-state index in [0.29, 0.717) is 24.2 Å². The van der Waals surface area contributed by atoms with E-state index in [-0.39, 0.29) is 17.2 Å². The van der Waals surface area contributed by atoms with E-state index in [0.717, 1.165) is 30.3 Å². The first-order chi connectivity index (χ1) is 11.8. The summed E-state index contributed by atoms with van der Waals surface area (Å²) in [6, 6.07) is 1.24. The average molecular weight is 344 g/mol. The lowest BCUT2D eigenvalue weighted by Crippen LogP contribution is -2.45. The van der Waals surface area contributed by atoms with Crippen LogP contribution in [0.4, 0.5) is 0 Å². The molecule has 2 amide bonds. The van der Waals surface area contributed by atoms with Crippen LogP contribution < -0.4 is 10.6 Å². The fourth-order valence-electron chi connectivity index (χ4n) is 2.95. The van der Waals surface area contributed by atoms with E-state index in [1.165, 1.54) is 6.20 Å². The van der Waals surface area contributed by atoms with Crippen molar-refractivity contribution in [3.8, 4) is 0 Å². The summed E-state index contributed by atoms with van der Waals surface area (Å²) in [5.74, 6) is -0.433. The van der Waals surface area contributed by atoms with Gasteiger partial charge in [-0.05, 0) is 37.2 Å². The minimum absolute atomic E-state index is 0.0422. The Hall–Kier alpha value is -2.44. The first-order valence-corrected chi connectivity index (χ1v) is 8.66. The SMILES string of the molecule is CC(C)(C)Cc1noc2ncc(C(=O)N[C@@H]3CCCCNC3=O)cc12. The Labute approximate surface area is 146 Å². The van der Waals surface area contributed by atoms with E-state index >= 15 is 0 Å². The van der Waals surface area contributed by atoms with Crippen molar-refractivity contribution in [2.24, 2.45) is 5.41 Å². The summed E-state index contributed by atoms with van der Waals surface area (Å²) < 4.78 is 5.26. The van der Waals surface area contributed by atoms with Gasteiger partial charge in [-0.2, -0.15) is 0 Å². The molecule has 0 aromatic carbocycles. The summed E-state index contributed by atoms with van der Waals surface area (Å²) in [5, 5.41) is 10.5. The number of nitrogens with zero attached hydrogens (tertiary/aromatic N) is 2. The first kappa shape index (κ1) is 17.4. The largest absolute Gasteiger partial charge is 0.354 e. The molecule has 0 unspecified atom stereocenters. The van der Waals surface area contributed by atoms with Gasteiger partial charge in [-0.1, -0.05) is 25.9 Å². The Morgan fingerprint density at radius 3 is 2.96 bits per heavy atom.